The number of ether oxygens (including phenoxy) is 1. The number of fused-ring (bicyclic) bond motifs is 1. The summed E-state index contributed by atoms with van der Waals surface area (Å²) >= 11 is 1.47. The summed E-state index contributed by atoms with van der Waals surface area (Å²) in [7, 11) is 1.60. The first-order chi connectivity index (χ1) is 11.2. The van der Waals surface area contributed by atoms with E-state index in [1.165, 1.54) is 17.7 Å². The molecule has 3 N–H and O–H groups in total. The number of nitrogens with zero attached hydrogens (tertiary/aromatic N) is 2. The summed E-state index contributed by atoms with van der Waals surface area (Å²) in [5.74, 6) is 0.442. The van der Waals surface area contributed by atoms with Crippen molar-refractivity contribution >= 4 is 39.9 Å². The van der Waals surface area contributed by atoms with E-state index in [1.807, 2.05) is 35.7 Å². The van der Waals surface area contributed by atoms with Crippen molar-refractivity contribution in [2.24, 2.45) is 5.73 Å². The standard InChI is InChI=1S/C16H16N4O2S.ClH/c1-22-13-5-3-2-4-10(13)12(17)8-18-15(21)14-11-6-7-23-16(11)20-9-19-14;/h2-7,9,12H,8,17H2,1H3,(H,18,21);1H/t12-;/m0./s1. The molecule has 8 heteroatoms. The Morgan fingerprint density at radius 3 is 2.92 bits per heavy atom. The van der Waals surface area contributed by atoms with E-state index in [0.29, 0.717) is 11.4 Å². The van der Waals surface area contributed by atoms with Crippen molar-refractivity contribution in [2.75, 3.05) is 13.7 Å². The highest BCUT2D eigenvalue weighted by Gasteiger charge is 2.16. The van der Waals surface area contributed by atoms with Gasteiger partial charge in [0.2, 0.25) is 0 Å². The van der Waals surface area contributed by atoms with Gasteiger partial charge in [-0.3, -0.25) is 4.79 Å². The Hall–Kier alpha value is -2.22. The zero-order valence-electron chi connectivity index (χ0n) is 12.9. The molecule has 24 heavy (non-hydrogen) atoms. The molecule has 0 unspecified atom stereocenters. The molecule has 3 rings (SSSR count). The van der Waals surface area contributed by atoms with Crippen molar-refractivity contribution in [3.8, 4) is 5.75 Å². The van der Waals surface area contributed by atoms with Gasteiger partial charge < -0.3 is 15.8 Å². The van der Waals surface area contributed by atoms with Gasteiger partial charge in [-0.15, -0.1) is 23.7 Å². The smallest absolute Gasteiger partial charge is 0.270 e. The van der Waals surface area contributed by atoms with Gasteiger partial charge >= 0.3 is 0 Å². The van der Waals surface area contributed by atoms with Gasteiger partial charge in [0.05, 0.1) is 13.2 Å². The van der Waals surface area contributed by atoms with Gasteiger partial charge in [0.15, 0.2) is 0 Å². The van der Waals surface area contributed by atoms with Crippen LogP contribution in [0.3, 0.4) is 0 Å². The average Bonchev–Trinajstić information content (AvgIpc) is 3.07. The van der Waals surface area contributed by atoms with Crippen LogP contribution in [0.15, 0.2) is 42.0 Å². The topological polar surface area (TPSA) is 90.1 Å². The molecule has 126 valence electrons. The van der Waals surface area contributed by atoms with Crippen LogP contribution < -0.4 is 15.8 Å². The number of hydrogen-bond donors (Lipinski definition) is 2. The second kappa shape index (κ2) is 8.05. The van der Waals surface area contributed by atoms with Crippen molar-refractivity contribution in [3.63, 3.8) is 0 Å². The van der Waals surface area contributed by atoms with Crippen LogP contribution in [0.1, 0.15) is 22.1 Å². The van der Waals surface area contributed by atoms with Gasteiger partial charge in [-0.05, 0) is 17.5 Å². The van der Waals surface area contributed by atoms with Crippen molar-refractivity contribution in [1.82, 2.24) is 15.3 Å². The van der Waals surface area contributed by atoms with E-state index in [9.17, 15) is 4.79 Å². The summed E-state index contributed by atoms with van der Waals surface area (Å²) in [5.41, 5.74) is 7.38. The van der Waals surface area contributed by atoms with Crippen molar-refractivity contribution < 1.29 is 9.53 Å². The van der Waals surface area contributed by atoms with Crippen LogP contribution in [0.5, 0.6) is 5.75 Å². The van der Waals surface area contributed by atoms with Crippen molar-refractivity contribution in [2.45, 2.75) is 6.04 Å². The van der Waals surface area contributed by atoms with Crippen LogP contribution in [0.2, 0.25) is 0 Å². The van der Waals surface area contributed by atoms with E-state index in [-0.39, 0.29) is 30.9 Å². The van der Waals surface area contributed by atoms with Crippen LogP contribution in [-0.2, 0) is 0 Å². The number of para-hydroxylation sites is 1. The van der Waals surface area contributed by atoms with E-state index in [1.54, 1.807) is 7.11 Å². The summed E-state index contributed by atoms with van der Waals surface area (Å²) in [5, 5.41) is 5.46. The van der Waals surface area contributed by atoms with Crippen molar-refractivity contribution in [3.05, 3.63) is 53.3 Å². The van der Waals surface area contributed by atoms with Crippen molar-refractivity contribution in [1.29, 1.82) is 0 Å². The molecule has 0 radical (unpaired) electrons. The van der Waals surface area contributed by atoms with E-state index in [4.69, 9.17) is 10.5 Å². The number of hydrogen-bond acceptors (Lipinski definition) is 6. The Bertz CT molecular complexity index is 840. The maximum absolute atomic E-state index is 12.4. The maximum atomic E-state index is 12.4. The molecule has 1 amide bonds. The molecule has 6 nitrogen and oxygen atoms in total. The number of aromatic nitrogens is 2. The summed E-state index contributed by atoms with van der Waals surface area (Å²) in [6.45, 7) is 0.287. The second-order valence-electron chi connectivity index (χ2n) is 4.92. The second-order valence-corrected chi connectivity index (χ2v) is 5.81. The largest absolute Gasteiger partial charge is 0.496 e. The lowest BCUT2D eigenvalue weighted by atomic mass is 10.1. The molecule has 0 spiro atoms. The molecule has 0 aliphatic rings. The van der Waals surface area contributed by atoms with E-state index in [0.717, 1.165) is 15.8 Å². The third-order valence-electron chi connectivity index (χ3n) is 3.50. The summed E-state index contributed by atoms with van der Waals surface area (Å²) in [6, 6.07) is 8.97. The Labute approximate surface area is 149 Å². The molecule has 3 aromatic rings. The fourth-order valence-electron chi connectivity index (χ4n) is 2.34. The monoisotopic (exact) mass is 364 g/mol. The summed E-state index contributed by atoms with van der Waals surface area (Å²) in [6.07, 6.45) is 1.40. The van der Waals surface area contributed by atoms with Gasteiger partial charge in [-0.1, -0.05) is 18.2 Å². The Morgan fingerprint density at radius 2 is 2.12 bits per heavy atom. The molecule has 0 fully saturated rings. The molecule has 2 aromatic heterocycles. The Morgan fingerprint density at radius 1 is 1.33 bits per heavy atom. The van der Waals surface area contributed by atoms with Crippen LogP contribution in [0.25, 0.3) is 10.2 Å². The van der Waals surface area contributed by atoms with Gasteiger partial charge in [0.1, 0.15) is 22.6 Å². The molecule has 0 aliphatic carbocycles. The third kappa shape index (κ3) is 3.64. The van der Waals surface area contributed by atoms with Crippen LogP contribution in [0.4, 0.5) is 0 Å². The highest BCUT2D eigenvalue weighted by atomic mass is 35.5. The zero-order chi connectivity index (χ0) is 16.2. The first kappa shape index (κ1) is 18.1. The quantitative estimate of drug-likeness (QED) is 0.726. The molecule has 0 saturated carbocycles. The van der Waals surface area contributed by atoms with Crippen LogP contribution >= 0.6 is 23.7 Å². The molecular formula is C16H17ClN4O2S. The SMILES string of the molecule is COc1ccccc1[C@@H](N)CNC(=O)c1ncnc2sccc12.Cl. The lowest BCUT2D eigenvalue weighted by Crippen LogP contribution is -2.32. The number of thiophene rings is 1. The fourth-order valence-corrected chi connectivity index (χ4v) is 3.07. The van der Waals surface area contributed by atoms with E-state index < -0.39 is 0 Å². The number of rotatable bonds is 5. The van der Waals surface area contributed by atoms with Crippen LogP contribution in [0, 0.1) is 0 Å². The molecule has 2 heterocycles. The van der Waals surface area contributed by atoms with E-state index >= 15 is 0 Å². The van der Waals surface area contributed by atoms with Gasteiger partial charge in [-0.25, -0.2) is 9.97 Å². The number of halogens is 1. The normalized spacial score (nSPS) is 11.6. The Balaban J connectivity index is 0.00000208. The summed E-state index contributed by atoms with van der Waals surface area (Å²) < 4.78 is 5.29. The molecule has 0 aliphatic heterocycles. The maximum Gasteiger partial charge on any atom is 0.270 e. The minimum Gasteiger partial charge on any atom is -0.496 e. The minimum absolute atomic E-state index is 0. The van der Waals surface area contributed by atoms with Gasteiger partial charge in [-0.2, -0.15) is 0 Å². The number of nitrogens with two attached hydrogens (primary N) is 1. The number of nitrogens with one attached hydrogen (secondary N) is 1. The molecule has 1 atom stereocenters. The molecular weight excluding hydrogens is 348 g/mol. The molecule has 0 saturated heterocycles. The minimum atomic E-state index is -0.366. The Kier molecular flexibility index (Phi) is 6.08. The number of carbonyl (C=O) groups is 1. The first-order valence-electron chi connectivity index (χ1n) is 7.05. The highest BCUT2D eigenvalue weighted by Crippen LogP contribution is 2.23. The van der Waals surface area contributed by atoms with E-state index in [2.05, 4.69) is 15.3 Å². The average molecular weight is 365 g/mol. The molecule has 0 bridgehead atoms. The molecule has 1 aromatic carbocycles. The van der Waals surface area contributed by atoms with Gasteiger partial charge in [0.25, 0.3) is 5.91 Å². The lowest BCUT2D eigenvalue weighted by Gasteiger charge is -2.16. The first-order valence-corrected chi connectivity index (χ1v) is 7.93. The van der Waals surface area contributed by atoms with Gasteiger partial charge in [0, 0.05) is 17.5 Å². The highest BCUT2D eigenvalue weighted by molar-refractivity contribution is 7.16. The number of carbonyl (C=O) groups excluding carboxylic acids is 1. The number of amides is 1. The number of methoxy groups -OCH3 is 1. The summed E-state index contributed by atoms with van der Waals surface area (Å²) in [4.78, 5) is 21.4. The predicted molar refractivity (Wildman–Crippen MR) is 96.9 cm³/mol. The zero-order valence-corrected chi connectivity index (χ0v) is 14.6. The lowest BCUT2D eigenvalue weighted by molar-refractivity contribution is 0.0948. The number of benzene rings is 1. The third-order valence-corrected chi connectivity index (χ3v) is 4.32. The van der Waals surface area contributed by atoms with Crippen LogP contribution in [-0.4, -0.2) is 29.5 Å². The fraction of sp³-hybridized carbons (Fsp3) is 0.188. The predicted octanol–water partition coefficient (Wildman–Crippen LogP) is 2.55.